The number of carbonyl (C=O) groups excluding carboxylic acids is 1. The molecule has 1 heterocycles. The highest BCUT2D eigenvalue weighted by atomic mass is 127. The average molecular weight is 394 g/mol. The molecular formula is C13H10F3IN2O. The Bertz CT molecular complexity index is 649. The highest BCUT2D eigenvalue weighted by Crippen LogP contribution is 2.26. The van der Waals surface area contributed by atoms with Crippen molar-refractivity contribution in [3.63, 3.8) is 0 Å². The number of ketones is 1. The maximum absolute atomic E-state index is 12.6. The maximum atomic E-state index is 12.6. The Balaban J connectivity index is 2.60. The van der Waals surface area contributed by atoms with Gasteiger partial charge in [0.05, 0.1) is 16.9 Å². The molecule has 20 heavy (non-hydrogen) atoms. The van der Waals surface area contributed by atoms with Gasteiger partial charge in [-0.25, -0.2) is 4.68 Å². The van der Waals surface area contributed by atoms with E-state index < -0.39 is 17.5 Å². The lowest BCUT2D eigenvalue weighted by Crippen LogP contribution is -2.24. The number of aromatic nitrogens is 2. The van der Waals surface area contributed by atoms with Gasteiger partial charge in [0, 0.05) is 10.6 Å². The Morgan fingerprint density at radius 3 is 2.55 bits per heavy atom. The molecule has 1 aromatic heterocycles. The molecule has 7 heteroatoms. The zero-order chi connectivity index (χ0) is 14.9. The number of benzene rings is 1. The molecule has 2 rings (SSSR count). The molecule has 1 aromatic carbocycles. The minimum atomic E-state index is -4.90. The van der Waals surface area contributed by atoms with Crippen LogP contribution in [0.5, 0.6) is 0 Å². The fraction of sp³-hybridized carbons (Fsp3) is 0.231. The summed E-state index contributed by atoms with van der Waals surface area (Å²) in [6, 6.07) is 5.94. The molecule has 0 unspecified atom stereocenters. The summed E-state index contributed by atoms with van der Waals surface area (Å²) < 4.78 is 39.8. The summed E-state index contributed by atoms with van der Waals surface area (Å²) >= 11 is 2.10. The number of alkyl halides is 4. The number of aryl methyl sites for hydroxylation is 1. The Hall–Kier alpha value is -1.38. The van der Waals surface area contributed by atoms with Crippen LogP contribution in [0.25, 0.3) is 5.69 Å². The van der Waals surface area contributed by atoms with E-state index in [4.69, 9.17) is 0 Å². The zero-order valence-electron chi connectivity index (χ0n) is 10.4. The molecule has 2 aromatic rings. The van der Waals surface area contributed by atoms with E-state index in [1.807, 2.05) is 0 Å². The lowest BCUT2D eigenvalue weighted by atomic mass is 10.1. The Kier molecular flexibility index (Phi) is 4.17. The summed E-state index contributed by atoms with van der Waals surface area (Å²) in [5.41, 5.74) is 1.24. The van der Waals surface area contributed by atoms with Crippen molar-refractivity contribution in [2.75, 3.05) is 0 Å². The van der Waals surface area contributed by atoms with Crippen LogP contribution in [-0.2, 0) is 4.43 Å². The highest BCUT2D eigenvalue weighted by molar-refractivity contribution is 14.1. The first-order valence-electron chi connectivity index (χ1n) is 5.66. The van der Waals surface area contributed by atoms with Crippen LogP contribution in [0.4, 0.5) is 13.2 Å². The van der Waals surface area contributed by atoms with Crippen molar-refractivity contribution in [1.82, 2.24) is 9.78 Å². The lowest BCUT2D eigenvalue weighted by Gasteiger charge is -2.12. The summed E-state index contributed by atoms with van der Waals surface area (Å²) in [6.07, 6.45) is -3.36. The quantitative estimate of drug-likeness (QED) is 0.450. The average Bonchev–Trinajstić information content (AvgIpc) is 2.82. The molecular weight excluding hydrogens is 384 g/mol. The van der Waals surface area contributed by atoms with E-state index in [-0.39, 0.29) is 5.69 Å². The third-order valence-corrected chi connectivity index (χ3v) is 3.57. The standard InChI is InChI=1S/C13H10F3IN2O/c1-8-4-5-19(18-8)11-6-9(7-17)2-3-10(11)12(20)13(14,15)16/h2-6H,7H2,1H3. The third-order valence-electron chi connectivity index (χ3n) is 2.69. The summed E-state index contributed by atoms with van der Waals surface area (Å²) in [7, 11) is 0. The van der Waals surface area contributed by atoms with Crippen molar-refractivity contribution in [3.05, 3.63) is 47.3 Å². The fourth-order valence-electron chi connectivity index (χ4n) is 1.74. The number of nitrogens with zero attached hydrogens (tertiary/aromatic N) is 2. The normalized spacial score (nSPS) is 11.7. The molecule has 106 valence electrons. The molecule has 0 aliphatic carbocycles. The first-order valence-corrected chi connectivity index (χ1v) is 7.18. The molecule has 3 nitrogen and oxygen atoms in total. The van der Waals surface area contributed by atoms with Gasteiger partial charge in [0.1, 0.15) is 0 Å². The van der Waals surface area contributed by atoms with Crippen molar-refractivity contribution in [1.29, 1.82) is 0 Å². The van der Waals surface area contributed by atoms with Gasteiger partial charge < -0.3 is 0 Å². The van der Waals surface area contributed by atoms with E-state index in [0.29, 0.717) is 10.1 Å². The monoisotopic (exact) mass is 394 g/mol. The van der Waals surface area contributed by atoms with Crippen LogP contribution in [0.2, 0.25) is 0 Å². The van der Waals surface area contributed by atoms with Crippen LogP contribution in [0.1, 0.15) is 21.6 Å². The van der Waals surface area contributed by atoms with Crippen molar-refractivity contribution < 1.29 is 18.0 Å². The summed E-state index contributed by atoms with van der Waals surface area (Å²) in [5.74, 6) is -1.86. The van der Waals surface area contributed by atoms with Crippen LogP contribution < -0.4 is 0 Å². The smallest absolute Gasteiger partial charge is 0.284 e. The van der Waals surface area contributed by atoms with E-state index in [0.717, 1.165) is 5.56 Å². The van der Waals surface area contributed by atoms with Gasteiger partial charge in [-0.1, -0.05) is 28.7 Å². The molecule has 0 N–H and O–H groups in total. The Morgan fingerprint density at radius 1 is 1.35 bits per heavy atom. The summed E-state index contributed by atoms with van der Waals surface area (Å²) in [4.78, 5) is 11.5. The van der Waals surface area contributed by atoms with E-state index in [1.54, 1.807) is 19.1 Å². The van der Waals surface area contributed by atoms with Gasteiger partial charge in [-0.3, -0.25) is 4.79 Å². The molecule has 0 spiro atoms. The van der Waals surface area contributed by atoms with Gasteiger partial charge in [-0.15, -0.1) is 0 Å². The van der Waals surface area contributed by atoms with Gasteiger partial charge in [0.25, 0.3) is 5.78 Å². The van der Waals surface area contributed by atoms with Crippen LogP contribution in [-0.4, -0.2) is 21.7 Å². The Morgan fingerprint density at radius 2 is 2.05 bits per heavy atom. The highest BCUT2D eigenvalue weighted by Gasteiger charge is 2.40. The number of halogens is 4. The predicted molar refractivity (Wildman–Crippen MR) is 76.4 cm³/mol. The molecule has 0 aliphatic heterocycles. The van der Waals surface area contributed by atoms with Crippen molar-refractivity contribution in [2.24, 2.45) is 0 Å². The van der Waals surface area contributed by atoms with Gasteiger partial charge in [0.2, 0.25) is 0 Å². The van der Waals surface area contributed by atoms with Gasteiger partial charge in [-0.2, -0.15) is 18.3 Å². The summed E-state index contributed by atoms with van der Waals surface area (Å²) in [6.45, 7) is 1.73. The number of Topliss-reactive ketones (excluding diaryl/α,β-unsaturated/α-hetero) is 1. The molecule has 0 radical (unpaired) electrons. The minimum absolute atomic E-state index is 0.148. The van der Waals surface area contributed by atoms with Crippen LogP contribution in [0.15, 0.2) is 30.5 Å². The maximum Gasteiger partial charge on any atom is 0.454 e. The van der Waals surface area contributed by atoms with E-state index in [1.165, 1.54) is 23.0 Å². The van der Waals surface area contributed by atoms with E-state index in [9.17, 15) is 18.0 Å². The number of carbonyl (C=O) groups is 1. The number of hydrogen-bond donors (Lipinski definition) is 0. The zero-order valence-corrected chi connectivity index (χ0v) is 12.6. The molecule has 0 saturated heterocycles. The Labute approximate surface area is 126 Å². The topological polar surface area (TPSA) is 34.9 Å². The number of hydrogen-bond acceptors (Lipinski definition) is 2. The van der Waals surface area contributed by atoms with Gasteiger partial charge >= 0.3 is 6.18 Å². The van der Waals surface area contributed by atoms with E-state index in [2.05, 4.69) is 27.7 Å². The third kappa shape index (κ3) is 3.02. The molecule has 0 atom stereocenters. The second-order valence-electron chi connectivity index (χ2n) is 4.21. The number of rotatable bonds is 3. The van der Waals surface area contributed by atoms with Crippen molar-refractivity contribution >= 4 is 28.4 Å². The molecule has 0 amide bonds. The second-order valence-corrected chi connectivity index (χ2v) is 4.98. The first-order chi connectivity index (χ1) is 9.32. The van der Waals surface area contributed by atoms with Crippen molar-refractivity contribution in [3.8, 4) is 5.69 Å². The first kappa shape index (κ1) is 15.0. The van der Waals surface area contributed by atoms with Crippen LogP contribution in [0, 0.1) is 6.92 Å². The minimum Gasteiger partial charge on any atom is -0.284 e. The summed E-state index contributed by atoms with van der Waals surface area (Å²) in [5, 5.41) is 4.08. The predicted octanol–water partition coefficient (Wildman–Crippen LogP) is 3.86. The fourth-order valence-corrected chi connectivity index (χ4v) is 2.22. The van der Waals surface area contributed by atoms with Crippen LogP contribution in [0.3, 0.4) is 0 Å². The van der Waals surface area contributed by atoms with Gasteiger partial charge in [-0.05, 0) is 30.7 Å². The molecule has 0 saturated carbocycles. The van der Waals surface area contributed by atoms with Gasteiger partial charge in [0.15, 0.2) is 0 Å². The van der Waals surface area contributed by atoms with E-state index >= 15 is 0 Å². The van der Waals surface area contributed by atoms with Crippen molar-refractivity contribution in [2.45, 2.75) is 17.5 Å². The largest absolute Gasteiger partial charge is 0.454 e. The second kappa shape index (κ2) is 5.55. The SMILES string of the molecule is Cc1ccn(-c2cc(CI)ccc2C(=O)C(F)(F)F)n1. The molecule has 0 bridgehead atoms. The molecule has 0 fully saturated rings. The molecule has 0 aliphatic rings. The lowest BCUT2D eigenvalue weighted by molar-refractivity contribution is -0.0885. The van der Waals surface area contributed by atoms with Crippen LogP contribution >= 0.6 is 22.6 Å².